The minimum atomic E-state index is -0.428. The van der Waals surface area contributed by atoms with E-state index in [0.29, 0.717) is 18.1 Å². The zero-order valence-corrected chi connectivity index (χ0v) is 11.6. The lowest BCUT2D eigenvalue weighted by Gasteiger charge is -2.09. The van der Waals surface area contributed by atoms with E-state index in [1.54, 1.807) is 49.1 Å². The van der Waals surface area contributed by atoms with Gasteiger partial charge in [-0.05, 0) is 29.8 Å². The number of aromatic nitrogens is 3. The molecule has 1 aromatic carbocycles. The Morgan fingerprint density at radius 2 is 1.95 bits per heavy atom. The minimum Gasteiger partial charge on any atom is -0.453 e. The van der Waals surface area contributed by atoms with Gasteiger partial charge >= 0.3 is 0 Å². The number of anilines is 1. The third-order valence-electron chi connectivity index (χ3n) is 2.90. The van der Waals surface area contributed by atoms with Crippen LogP contribution in [0.1, 0.15) is 5.56 Å². The Morgan fingerprint density at radius 1 is 1.05 bits per heavy atom. The maximum absolute atomic E-state index is 14.1. The van der Waals surface area contributed by atoms with Crippen molar-refractivity contribution in [3.8, 4) is 11.5 Å². The Labute approximate surface area is 126 Å². The van der Waals surface area contributed by atoms with Crippen LogP contribution in [-0.2, 0) is 6.54 Å². The molecule has 0 unspecified atom stereocenters. The predicted molar refractivity (Wildman–Crippen MR) is 80.1 cm³/mol. The summed E-state index contributed by atoms with van der Waals surface area (Å²) in [6, 6.07) is 8.26. The van der Waals surface area contributed by atoms with Gasteiger partial charge in [-0.1, -0.05) is 6.07 Å². The van der Waals surface area contributed by atoms with Gasteiger partial charge in [-0.15, -0.1) is 0 Å². The van der Waals surface area contributed by atoms with Gasteiger partial charge in [0.1, 0.15) is 11.6 Å². The van der Waals surface area contributed by atoms with Gasteiger partial charge in [-0.3, -0.25) is 9.97 Å². The quantitative estimate of drug-likeness (QED) is 0.781. The summed E-state index contributed by atoms with van der Waals surface area (Å²) < 4.78 is 19.5. The van der Waals surface area contributed by atoms with Gasteiger partial charge in [0.05, 0.1) is 12.4 Å². The number of halogens is 1. The number of nitrogens with zero attached hydrogens (tertiary/aromatic N) is 3. The van der Waals surface area contributed by atoms with Crippen LogP contribution in [-0.4, -0.2) is 15.0 Å². The Balaban J connectivity index is 1.67. The van der Waals surface area contributed by atoms with E-state index < -0.39 is 5.82 Å². The molecule has 6 heteroatoms. The first-order valence-corrected chi connectivity index (χ1v) is 6.67. The monoisotopic (exact) mass is 296 g/mol. The van der Waals surface area contributed by atoms with Crippen LogP contribution in [0.5, 0.6) is 11.5 Å². The average molecular weight is 296 g/mol. The van der Waals surface area contributed by atoms with E-state index in [4.69, 9.17) is 4.74 Å². The van der Waals surface area contributed by atoms with Crippen LogP contribution < -0.4 is 10.1 Å². The van der Waals surface area contributed by atoms with Gasteiger partial charge in [0.15, 0.2) is 11.6 Å². The number of ether oxygens (including phenoxy) is 1. The van der Waals surface area contributed by atoms with Crippen LogP contribution in [0.15, 0.2) is 61.3 Å². The second-order valence-corrected chi connectivity index (χ2v) is 4.50. The van der Waals surface area contributed by atoms with E-state index in [1.807, 2.05) is 0 Å². The molecule has 1 N–H and O–H groups in total. The van der Waals surface area contributed by atoms with Crippen molar-refractivity contribution in [2.45, 2.75) is 6.54 Å². The molecule has 5 nitrogen and oxygen atoms in total. The van der Waals surface area contributed by atoms with Crippen molar-refractivity contribution in [1.29, 1.82) is 0 Å². The topological polar surface area (TPSA) is 59.9 Å². The molecule has 0 amide bonds. The lowest BCUT2D eigenvalue weighted by molar-refractivity contribution is 0.440. The smallest absolute Gasteiger partial charge is 0.166 e. The fourth-order valence-corrected chi connectivity index (χ4v) is 1.85. The highest BCUT2D eigenvalue weighted by Crippen LogP contribution is 2.24. The summed E-state index contributed by atoms with van der Waals surface area (Å²) in [5.74, 6) is 0.865. The largest absolute Gasteiger partial charge is 0.453 e. The molecular weight excluding hydrogens is 283 g/mol. The van der Waals surface area contributed by atoms with E-state index in [-0.39, 0.29) is 5.75 Å². The highest BCUT2D eigenvalue weighted by molar-refractivity contribution is 5.36. The molecule has 22 heavy (non-hydrogen) atoms. The molecule has 0 aliphatic heterocycles. The summed E-state index contributed by atoms with van der Waals surface area (Å²) in [6.07, 6.45) is 7.95. The number of pyridine rings is 1. The number of benzene rings is 1. The number of nitrogens with one attached hydrogen (secondary N) is 1. The van der Waals surface area contributed by atoms with E-state index >= 15 is 0 Å². The van der Waals surface area contributed by atoms with Crippen LogP contribution in [0.2, 0.25) is 0 Å². The summed E-state index contributed by atoms with van der Waals surface area (Å²) in [7, 11) is 0. The van der Waals surface area contributed by atoms with Gasteiger partial charge in [0, 0.05) is 25.1 Å². The zero-order chi connectivity index (χ0) is 15.2. The lowest BCUT2D eigenvalue weighted by Crippen LogP contribution is -2.02. The Bertz CT molecular complexity index is 738. The fraction of sp³-hybridized carbons (Fsp3) is 0.0625. The summed E-state index contributed by atoms with van der Waals surface area (Å²) >= 11 is 0. The molecule has 2 aromatic heterocycles. The van der Waals surface area contributed by atoms with Crippen molar-refractivity contribution in [3.05, 3.63) is 72.7 Å². The third kappa shape index (κ3) is 3.54. The molecule has 0 saturated carbocycles. The molecule has 0 aliphatic carbocycles. The first-order chi connectivity index (χ1) is 10.8. The number of rotatable bonds is 5. The molecule has 0 bridgehead atoms. The van der Waals surface area contributed by atoms with Gasteiger partial charge in [-0.25, -0.2) is 9.37 Å². The molecule has 0 saturated heterocycles. The van der Waals surface area contributed by atoms with E-state index in [0.717, 1.165) is 5.56 Å². The summed E-state index contributed by atoms with van der Waals surface area (Å²) in [4.78, 5) is 12.0. The standard InChI is InChI=1S/C16H13FN4O/c17-14-8-12(9-21-16-11-19-6-7-20-16)3-4-15(14)22-13-2-1-5-18-10-13/h1-8,10-11H,9H2,(H,20,21). The van der Waals surface area contributed by atoms with Crippen molar-refractivity contribution in [2.24, 2.45) is 0 Å². The van der Waals surface area contributed by atoms with Crippen LogP contribution in [0, 0.1) is 5.82 Å². The van der Waals surface area contributed by atoms with E-state index in [1.165, 1.54) is 12.3 Å². The second-order valence-electron chi connectivity index (χ2n) is 4.50. The Kier molecular flexibility index (Phi) is 4.20. The maximum Gasteiger partial charge on any atom is 0.166 e. The van der Waals surface area contributed by atoms with E-state index in [9.17, 15) is 4.39 Å². The first kappa shape index (κ1) is 13.9. The van der Waals surface area contributed by atoms with E-state index in [2.05, 4.69) is 20.3 Å². The zero-order valence-electron chi connectivity index (χ0n) is 11.6. The molecule has 0 atom stereocenters. The van der Waals surface area contributed by atoms with Crippen molar-refractivity contribution >= 4 is 5.82 Å². The SMILES string of the molecule is Fc1cc(CNc2cnccn2)ccc1Oc1cccnc1. The van der Waals surface area contributed by atoms with Crippen molar-refractivity contribution in [3.63, 3.8) is 0 Å². The molecule has 0 spiro atoms. The molecular formula is C16H13FN4O. The minimum absolute atomic E-state index is 0.163. The first-order valence-electron chi connectivity index (χ1n) is 6.67. The molecule has 2 heterocycles. The highest BCUT2D eigenvalue weighted by atomic mass is 19.1. The Hall–Kier alpha value is -3.02. The highest BCUT2D eigenvalue weighted by Gasteiger charge is 2.06. The van der Waals surface area contributed by atoms with Crippen molar-refractivity contribution in [1.82, 2.24) is 15.0 Å². The third-order valence-corrected chi connectivity index (χ3v) is 2.90. The normalized spacial score (nSPS) is 10.2. The molecule has 0 aliphatic rings. The summed E-state index contributed by atoms with van der Waals surface area (Å²) in [6.45, 7) is 0.447. The predicted octanol–water partition coefficient (Wildman–Crippen LogP) is 3.42. The van der Waals surface area contributed by atoms with Crippen LogP contribution in [0.4, 0.5) is 10.2 Å². The van der Waals surface area contributed by atoms with Gasteiger partial charge < -0.3 is 10.1 Å². The van der Waals surface area contributed by atoms with Gasteiger partial charge in [0.2, 0.25) is 0 Å². The van der Waals surface area contributed by atoms with Crippen molar-refractivity contribution < 1.29 is 9.13 Å². The van der Waals surface area contributed by atoms with Crippen molar-refractivity contribution in [2.75, 3.05) is 5.32 Å². The van der Waals surface area contributed by atoms with Crippen LogP contribution >= 0.6 is 0 Å². The molecule has 0 radical (unpaired) electrons. The molecule has 3 rings (SSSR count). The maximum atomic E-state index is 14.1. The van der Waals surface area contributed by atoms with Crippen LogP contribution in [0.3, 0.4) is 0 Å². The average Bonchev–Trinajstić information content (AvgIpc) is 2.57. The molecule has 0 fully saturated rings. The molecule has 3 aromatic rings. The van der Waals surface area contributed by atoms with Gasteiger partial charge in [0.25, 0.3) is 0 Å². The second kappa shape index (κ2) is 6.62. The molecule has 110 valence electrons. The number of hydrogen-bond donors (Lipinski definition) is 1. The Morgan fingerprint density at radius 3 is 2.68 bits per heavy atom. The lowest BCUT2D eigenvalue weighted by atomic mass is 10.2. The summed E-state index contributed by atoms with van der Waals surface area (Å²) in [5.41, 5.74) is 0.779. The number of hydrogen-bond acceptors (Lipinski definition) is 5. The van der Waals surface area contributed by atoms with Crippen LogP contribution in [0.25, 0.3) is 0 Å². The van der Waals surface area contributed by atoms with Gasteiger partial charge in [-0.2, -0.15) is 0 Å². The fourth-order valence-electron chi connectivity index (χ4n) is 1.85. The summed E-state index contributed by atoms with van der Waals surface area (Å²) in [5, 5.41) is 3.07.